The molecule has 3 rings (SSSR count). The van der Waals surface area contributed by atoms with Crippen LogP contribution in [-0.2, 0) is 0 Å². The van der Waals surface area contributed by atoms with Crippen molar-refractivity contribution in [3.63, 3.8) is 0 Å². The summed E-state index contributed by atoms with van der Waals surface area (Å²) >= 11 is 5.77. The number of para-hydroxylation sites is 1. The van der Waals surface area contributed by atoms with Crippen molar-refractivity contribution in [1.82, 2.24) is 10.3 Å². The van der Waals surface area contributed by atoms with Gasteiger partial charge in [-0.15, -0.1) is 24.0 Å². The lowest BCUT2D eigenvalue weighted by Gasteiger charge is -2.26. The van der Waals surface area contributed by atoms with Gasteiger partial charge in [-0.2, -0.15) is 0 Å². The van der Waals surface area contributed by atoms with E-state index in [2.05, 4.69) is 15.3 Å². The van der Waals surface area contributed by atoms with Crippen LogP contribution < -0.4 is 20.5 Å². The molecular weight excluding hydrogens is 455 g/mol. The van der Waals surface area contributed by atoms with Gasteiger partial charge in [-0.25, -0.2) is 9.98 Å². The van der Waals surface area contributed by atoms with Crippen LogP contribution in [0.25, 0.3) is 0 Å². The van der Waals surface area contributed by atoms with Gasteiger partial charge >= 0.3 is 0 Å². The predicted molar refractivity (Wildman–Crippen MR) is 109 cm³/mol. The number of fused-ring (bicyclic) bond motifs is 1. The molecule has 2 aromatic rings. The highest BCUT2D eigenvalue weighted by Crippen LogP contribution is 2.31. The molecule has 0 saturated heterocycles. The van der Waals surface area contributed by atoms with Gasteiger partial charge in [0.1, 0.15) is 12.4 Å². The van der Waals surface area contributed by atoms with E-state index in [1.165, 1.54) is 0 Å². The first-order chi connectivity index (χ1) is 11.7. The third kappa shape index (κ3) is 5.64. The van der Waals surface area contributed by atoms with Crippen molar-refractivity contribution in [2.45, 2.75) is 12.5 Å². The molecule has 1 aliphatic heterocycles. The summed E-state index contributed by atoms with van der Waals surface area (Å²) in [5, 5.41) is 3.81. The molecule has 8 heteroatoms. The van der Waals surface area contributed by atoms with Gasteiger partial charge in [-0.05, 0) is 12.1 Å². The summed E-state index contributed by atoms with van der Waals surface area (Å²) < 4.78 is 11.1. The monoisotopic (exact) mass is 474 g/mol. The maximum atomic E-state index is 5.97. The van der Waals surface area contributed by atoms with Crippen LogP contribution in [0, 0.1) is 0 Å². The molecule has 0 aliphatic carbocycles. The number of hydrogen-bond donors (Lipinski definition) is 2. The van der Waals surface area contributed by atoms with Crippen molar-refractivity contribution < 1.29 is 9.47 Å². The van der Waals surface area contributed by atoms with Gasteiger partial charge in [-0.3, -0.25) is 0 Å². The molecule has 6 nitrogen and oxygen atoms in total. The predicted octanol–water partition coefficient (Wildman–Crippen LogP) is 3.16. The molecule has 0 radical (unpaired) electrons. The fraction of sp³-hybridized carbons (Fsp3) is 0.294. The van der Waals surface area contributed by atoms with Crippen LogP contribution in [0.3, 0.4) is 0 Å². The number of benzene rings is 1. The fourth-order valence-corrected chi connectivity index (χ4v) is 2.59. The molecule has 1 atom stereocenters. The first-order valence-electron chi connectivity index (χ1n) is 7.75. The molecule has 134 valence electrons. The lowest BCUT2D eigenvalue weighted by molar-refractivity contribution is 0.262. The van der Waals surface area contributed by atoms with Gasteiger partial charge in [0.15, 0.2) is 5.96 Å². The summed E-state index contributed by atoms with van der Waals surface area (Å²) in [4.78, 5) is 8.34. The smallest absolute Gasteiger partial charge is 0.213 e. The Morgan fingerprint density at radius 3 is 3.00 bits per heavy atom. The minimum atomic E-state index is 0. The molecule has 0 bridgehead atoms. The molecule has 1 aliphatic rings. The second-order valence-electron chi connectivity index (χ2n) is 5.30. The minimum absolute atomic E-state index is 0. The summed E-state index contributed by atoms with van der Waals surface area (Å²) in [5.74, 6) is 1.80. The highest BCUT2D eigenvalue weighted by molar-refractivity contribution is 14.0. The SMILES string of the molecule is I.NC(=NCCOc1ccc(Cl)cn1)NC1CCOc2ccccc21. The Morgan fingerprint density at radius 1 is 1.36 bits per heavy atom. The first kappa shape index (κ1) is 19.6. The third-order valence-corrected chi connectivity index (χ3v) is 3.83. The Balaban J connectivity index is 0.00000225. The molecule has 0 spiro atoms. The van der Waals surface area contributed by atoms with Gasteiger partial charge in [-0.1, -0.05) is 29.8 Å². The number of guanidine groups is 1. The van der Waals surface area contributed by atoms with Crippen LogP contribution >= 0.6 is 35.6 Å². The molecule has 0 saturated carbocycles. The molecular formula is C17H20ClIN4O2. The van der Waals surface area contributed by atoms with Crippen molar-refractivity contribution in [3.8, 4) is 11.6 Å². The van der Waals surface area contributed by atoms with E-state index >= 15 is 0 Å². The van der Waals surface area contributed by atoms with Gasteiger partial charge in [0.25, 0.3) is 0 Å². The average Bonchev–Trinajstić information content (AvgIpc) is 2.61. The topological polar surface area (TPSA) is 81.8 Å². The summed E-state index contributed by atoms with van der Waals surface area (Å²) in [5.41, 5.74) is 7.07. The van der Waals surface area contributed by atoms with Crippen LogP contribution in [0.5, 0.6) is 11.6 Å². The minimum Gasteiger partial charge on any atom is -0.493 e. The molecule has 1 unspecified atom stereocenters. The summed E-state index contributed by atoms with van der Waals surface area (Å²) in [6, 6.07) is 11.5. The Kier molecular flexibility index (Phi) is 7.57. The van der Waals surface area contributed by atoms with Crippen molar-refractivity contribution >= 4 is 41.5 Å². The van der Waals surface area contributed by atoms with Crippen molar-refractivity contribution in [2.24, 2.45) is 10.7 Å². The third-order valence-electron chi connectivity index (χ3n) is 3.60. The number of pyridine rings is 1. The van der Waals surface area contributed by atoms with Crippen LogP contribution in [0.2, 0.25) is 5.02 Å². The number of ether oxygens (including phenoxy) is 2. The number of nitrogens with two attached hydrogens (primary N) is 1. The molecule has 0 amide bonds. The number of hydrogen-bond acceptors (Lipinski definition) is 4. The highest BCUT2D eigenvalue weighted by Gasteiger charge is 2.21. The summed E-state index contributed by atoms with van der Waals surface area (Å²) in [6.07, 6.45) is 2.39. The average molecular weight is 475 g/mol. The summed E-state index contributed by atoms with van der Waals surface area (Å²) in [6.45, 7) is 1.49. The zero-order chi connectivity index (χ0) is 16.8. The maximum absolute atomic E-state index is 5.97. The van der Waals surface area contributed by atoms with Gasteiger partial charge in [0.2, 0.25) is 5.88 Å². The van der Waals surface area contributed by atoms with Gasteiger partial charge in [0.05, 0.1) is 24.2 Å². The second kappa shape index (κ2) is 9.67. The van der Waals surface area contributed by atoms with Crippen molar-refractivity contribution in [3.05, 3.63) is 53.2 Å². The van der Waals surface area contributed by atoms with E-state index in [1.54, 1.807) is 18.3 Å². The van der Waals surface area contributed by atoms with Crippen LogP contribution in [0.15, 0.2) is 47.6 Å². The number of halogens is 2. The van der Waals surface area contributed by atoms with Gasteiger partial charge < -0.3 is 20.5 Å². The van der Waals surface area contributed by atoms with Crippen LogP contribution in [0.1, 0.15) is 18.0 Å². The molecule has 2 heterocycles. The molecule has 3 N–H and O–H groups in total. The fourth-order valence-electron chi connectivity index (χ4n) is 2.48. The van der Waals surface area contributed by atoms with E-state index in [-0.39, 0.29) is 30.0 Å². The standard InChI is InChI=1S/C17H19ClN4O2.HI/c18-12-5-6-16(21-11-12)24-10-8-20-17(19)22-14-7-9-23-15-4-2-1-3-13(14)15;/h1-6,11,14H,7-10H2,(H3,19,20,22);1H. The largest absolute Gasteiger partial charge is 0.493 e. The highest BCUT2D eigenvalue weighted by atomic mass is 127. The van der Waals surface area contributed by atoms with Crippen LogP contribution in [0.4, 0.5) is 0 Å². The summed E-state index contributed by atoms with van der Waals surface area (Å²) in [7, 11) is 0. The number of nitrogens with one attached hydrogen (secondary N) is 1. The Hall–Kier alpha value is -1.74. The Labute approximate surface area is 168 Å². The number of aliphatic imine (C=N–C) groups is 1. The van der Waals surface area contributed by atoms with E-state index < -0.39 is 0 Å². The van der Waals surface area contributed by atoms with Crippen molar-refractivity contribution in [2.75, 3.05) is 19.8 Å². The van der Waals surface area contributed by atoms with E-state index in [0.29, 0.717) is 36.6 Å². The normalized spacial score (nSPS) is 16.2. The van der Waals surface area contributed by atoms with E-state index in [4.69, 9.17) is 26.8 Å². The quantitative estimate of drug-likeness (QED) is 0.301. The number of nitrogens with zero attached hydrogens (tertiary/aromatic N) is 2. The van der Waals surface area contributed by atoms with E-state index in [0.717, 1.165) is 17.7 Å². The van der Waals surface area contributed by atoms with Gasteiger partial charge in [0, 0.05) is 24.2 Å². The molecule has 0 fully saturated rings. The lowest BCUT2D eigenvalue weighted by Crippen LogP contribution is -2.37. The zero-order valence-corrected chi connectivity index (χ0v) is 16.6. The van der Waals surface area contributed by atoms with E-state index in [1.807, 2.05) is 24.3 Å². The number of aromatic nitrogens is 1. The van der Waals surface area contributed by atoms with Crippen LogP contribution in [-0.4, -0.2) is 30.7 Å². The Morgan fingerprint density at radius 2 is 2.20 bits per heavy atom. The second-order valence-corrected chi connectivity index (χ2v) is 5.74. The van der Waals surface area contributed by atoms with E-state index in [9.17, 15) is 0 Å². The lowest BCUT2D eigenvalue weighted by atomic mass is 10.0. The maximum Gasteiger partial charge on any atom is 0.213 e. The Bertz CT molecular complexity index is 712. The molecule has 1 aromatic carbocycles. The first-order valence-corrected chi connectivity index (χ1v) is 8.13. The zero-order valence-electron chi connectivity index (χ0n) is 13.5. The number of rotatable bonds is 5. The molecule has 25 heavy (non-hydrogen) atoms. The molecule has 1 aromatic heterocycles. The van der Waals surface area contributed by atoms with Crippen molar-refractivity contribution in [1.29, 1.82) is 0 Å².